The van der Waals surface area contributed by atoms with Crippen LogP contribution in [-0.4, -0.2) is 29.6 Å². The van der Waals surface area contributed by atoms with Crippen LogP contribution in [0.1, 0.15) is 0 Å². The van der Waals surface area contributed by atoms with Crippen LogP contribution in [0.2, 0.25) is 0 Å². The molecule has 0 aromatic heterocycles. The molecule has 19 valence electrons. The first-order valence-corrected chi connectivity index (χ1v) is 0.333. The molecule has 0 rings (SSSR count). The summed E-state index contributed by atoms with van der Waals surface area (Å²) >= 11 is 0. The van der Waals surface area contributed by atoms with Crippen LogP contribution in [-0.2, 0) is 0 Å². The molecule has 0 aromatic rings. The van der Waals surface area contributed by atoms with Gasteiger partial charge in [-0.1, -0.05) is 10.2 Å². The molecule has 1 radical (unpaired) electrons. The molecule has 0 bridgehead atoms. The third-order valence-electron chi connectivity index (χ3n) is 0. The predicted molar refractivity (Wildman–Crippen MR) is 12.5 cm³/mol. The molecule has 0 unspecified atom stereocenters. The summed E-state index contributed by atoms with van der Waals surface area (Å²) in [7, 11) is 0. The van der Waals surface area contributed by atoms with E-state index in [4.69, 9.17) is 10.2 Å². The molecule has 3 nitrogen and oxygen atoms in total. The Morgan fingerprint density at radius 2 is 1.75 bits per heavy atom. The van der Waals surface area contributed by atoms with E-state index in [0.717, 1.165) is 0 Å². The van der Waals surface area contributed by atoms with Crippen LogP contribution in [0.3, 0.4) is 0 Å². The van der Waals surface area contributed by atoms with E-state index in [-0.39, 0.29) is 29.6 Å². The SMILES string of the molecule is O=[O+][O-].[Na]. The van der Waals surface area contributed by atoms with Crippen molar-refractivity contribution in [3.05, 3.63) is 9.71 Å². The fraction of sp³-hybridized carbons (Fsp3) is 0. The topological polar surface area (TPSA) is 51.4 Å². The Hall–Kier alpha value is 0.400. The molecular weight excluding hydrogens is 71.0 g/mol. The summed E-state index contributed by atoms with van der Waals surface area (Å²) in [6, 6.07) is 0. The molecule has 0 aliphatic heterocycles. The van der Waals surface area contributed by atoms with E-state index >= 15 is 0 Å². The average molecular weight is 71.0 g/mol. The van der Waals surface area contributed by atoms with Crippen LogP contribution in [0.4, 0.5) is 0 Å². The molecular formula is NaO3. The van der Waals surface area contributed by atoms with Crippen molar-refractivity contribution in [3.63, 3.8) is 0 Å². The van der Waals surface area contributed by atoms with Gasteiger partial charge in [-0.25, -0.2) is 0 Å². The van der Waals surface area contributed by atoms with Gasteiger partial charge in [-0.05, 0) is 0 Å². The van der Waals surface area contributed by atoms with Crippen molar-refractivity contribution in [2.75, 3.05) is 0 Å². The van der Waals surface area contributed by atoms with Crippen LogP contribution in [0.25, 0.3) is 0 Å². The van der Waals surface area contributed by atoms with Gasteiger partial charge in [-0.2, -0.15) is 0 Å². The van der Waals surface area contributed by atoms with Crippen LogP contribution in [0.5, 0.6) is 0 Å². The number of hydrogen-bond acceptors (Lipinski definition) is 2. The Kier molecular flexibility index (Phi) is 22.1. The maximum atomic E-state index is 7.88. The summed E-state index contributed by atoms with van der Waals surface area (Å²) in [4.78, 5) is 7.88. The molecule has 0 saturated heterocycles. The summed E-state index contributed by atoms with van der Waals surface area (Å²) < 4.78 is 1.75. The molecule has 0 atom stereocenters. The summed E-state index contributed by atoms with van der Waals surface area (Å²) in [5.74, 6) is 0. The van der Waals surface area contributed by atoms with Crippen LogP contribution >= 0.6 is 0 Å². The molecule has 0 heterocycles. The van der Waals surface area contributed by atoms with Gasteiger partial charge in [0.15, 0.2) is 4.75 Å². The standard InChI is InChI=1S/Na.O3/c;1-3-2. The van der Waals surface area contributed by atoms with Crippen molar-refractivity contribution in [3.8, 4) is 0 Å². The van der Waals surface area contributed by atoms with Gasteiger partial charge in [0.25, 0.3) is 0 Å². The monoisotopic (exact) mass is 71.0 g/mol. The van der Waals surface area contributed by atoms with Gasteiger partial charge in [-0.3, -0.25) is 0 Å². The first kappa shape index (κ1) is 8.83. The first-order valence-electron chi connectivity index (χ1n) is 0.333. The third-order valence-corrected chi connectivity index (χ3v) is 0. The minimum Gasteiger partial charge on any atom is -0.0772 e. The van der Waals surface area contributed by atoms with Crippen LogP contribution in [0, 0.1) is 9.71 Å². The second-order valence-corrected chi connectivity index (χ2v) is 0.0680. The summed E-state index contributed by atoms with van der Waals surface area (Å²) in [6.45, 7) is 0. The van der Waals surface area contributed by atoms with Crippen molar-refractivity contribution in [1.29, 1.82) is 0 Å². The van der Waals surface area contributed by atoms with Gasteiger partial charge in [0.05, 0.1) is 0 Å². The van der Waals surface area contributed by atoms with Crippen LogP contribution < -0.4 is 5.26 Å². The van der Waals surface area contributed by atoms with E-state index in [2.05, 4.69) is 0 Å². The zero-order valence-electron chi connectivity index (χ0n) is 2.22. The van der Waals surface area contributed by atoms with Crippen LogP contribution in [0.15, 0.2) is 0 Å². The van der Waals surface area contributed by atoms with Gasteiger partial charge in [0, 0.05) is 29.6 Å². The van der Waals surface area contributed by atoms with E-state index in [1.54, 1.807) is 4.75 Å². The summed E-state index contributed by atoms with van der Waals surface area (Å²) in [5, 5.41) is 7.88. The minimum absolute atomic E-state index is 0. The van der Waals surface area contributed by atoms with Gasteiger partial charge >= 0.3 is 0 Å². The second-order valence-electron chi connectivity index (χ2n) is 0.0680. The molecule has 0 aromatic carbocycles. The van der Waals surface area contributed by atoms with Crippen molar-refractivity contribution in [1.82, 2.24) is 0 Å². The molecule has 0 aliphatic rings. The van der Waals surface area contributed by atoms with E-state index in [9.17, 15) is 0 Å². The fourth-order valence-corrected chi connectivity index (χ4v) is 0. The Morgan fingerprint density at radius 1 is 1.75 bits per heavy atom. The second kappa shape index (κ2) is 9.99. The van der Waals surface area contributed by atoms with E-state index in [1.165, 1.54) is 0 Å². The zero-order valence-corrected chi connectivity index (χ0v) is 4.22. The molecule has 0 saturated carbocycles. The number of hydrogen-bond donors (Lipinski definition) is 0. The Bertz CT molecular complexity index is 10.8. The largest absolute Gasteiger partial charge is 0.154 e. The van der Waals surface area contributed by atoms with Gasteiger partial charge in [0.2, 0.25) is 0 Å². The minimum atomic E-state index is 0. The maximum absolute atomic E-state index is 7.88. The number of rotatable bonds is 0. The van der Waals surface area contributed by atoms with Crippen molar-refractivity contribution >= 4 is 29.6 Å². The smallest absolute Gasteiger partial charge is 0.0772 e. The normalized spacial score (nSPS) is 3.00. The van der Waals surface area contributed by atoms with Crippen molar-refractivity contribution < 1.29 is 5.26 Å². The van der Waals surface area contributed by atoms with E-state index in [1.807, 2.05) is 0 Å². The Balaban J connectivity index is 0. The van der Waals surface area contributed by atoms with E-state index < -0.39 is 0 Å². The van der Waals surface area contributed by atoms with Gasteiger partial charge in [0.1, 0.15) is 0 Å². The van der Waals surface area contributed by atoms with Gasteiger partial charge in [-0.15, -0.1) is 0 Å². The molecule has 0 aliphatic carbocycles. The summed E-state index contributed by atoms with van der Waals surface area (Å²) in [5.41, 5.74) is 0. The molecule has 4 heavy (non-hydrogen) atoms. The molecule has 0 N–H and O–H groups in total. The molecule has 4 heteroatoms. The van der Waals surface area contributed by atoms with Gasteiger partial charge < -0.3 is 0 Å². The average Bonchev–Trinajstić information content (AvgIpc) is 0.918. The fourth-order valence-electron chi connectivity index (χ4n) is 0. The molecule has 0 spiro atoms. The molecule has 0 amide bonds. The quantitative estimate of drug-likeness (QED) is 0.151. The van der Waals surface area contributed by atoms with Crippen molar-refractivity contribution in [2.24, 2.45) is 0 Å². The van der Waals surface area contributed by atoms with Crippen molar-refractivity contribution in [2.45, 2.75) is 0 Å². The Morgan fingerprint density at radius 3 is 1.75 bits per heavy atom. The predicted octanol–water partition coefficient (Wildman–Crippen LogP) is -1.50. The third kappa shape index (κ3) is 29.4. The van der Waals surface area contributed by atoms with E-state index in [0.29, 0.717) is 0 Å². The first-order chi connectivity index (χ1) is 1.41. The molecule has 0 fully saturated rings. The summed E-state index contributed by atoms with van der Waals surface area (Å²) in [6.07, 6.45) is 0. The maximum Gasteiger partial charge on any atom is 0.154 e. The Labute approximate surface area is 44.8 Å². The zero-order chi connectivity index (χ0) is 2.71.